The number of fused-ring (bicyclic) bond motifs is 1. The predicted octanol–water partition coefficient (Wildman–Crippen LogP) is 3.86. The molecule has 1 heterocycles. The molecule has 0 amide bonds. The first-order chi connectivity index (χ1) is 11.0. The van der Waals surface area contributed by atoms with Crippen molar-refractivity contribution in [2.45, 2.75) is 13.8 Å². The molecule has 0 saturated carbocycles. The molecule has 23 heavy (non-hydrogen) atoms. The number of rotatable bonds is 2. The molecule has 0 aliphatic carbocycles. The monoisotopic (exact) mass is 308 g/mol. The summed E-state index contributed by atoms with van der Waals surface area (Å²) in [5.41, 5.74) is 3.79. The third kappa shape index (κ3) is 2.75. The topological polar surface area (TPSA) is 56.5 Å². The number of methoxy groups -OCH3 is 1. The van der Waals surface area contributed by atoms with Gasteiger partial charge in [-0.15, -0.1) is 0 Å². The third-order valence-corrected chi connectivity index (χ3v) is 3.93. The Hall–Kier alpha value is -2.88. The van der Waals surface area contributed by atoms with Gasteiger partial charge in [-0.05, 0) is 49.2 Å². The van der Waals surface area contributed by atoms with Crippen LogP contribution < -0.4 is 5.43 Å². The minimum absolute atomic E-state index is 0.0820. The van der Waals surface area contributed by atoms with Crippen LogP contribution in [0.4, 0.5) is 0 Å². The Balaban J connectivity index is 2.11. The maximum absolute atomic E-state index is 12.3. The second kappa shape index (κ2) is 5.72. The van der Waals surface area contributed by atoms with Gasteiger partial charge in [0.25, 0.3) is 0 Å². The van der Waals surface area contributed by atoms with Gasteiger partial charge in [0.15, 0.2) is 5.43 Å². The maximum Gasteiger partial charge on any atom is 0.337 e. The Labute approximate surface area is 133 Å². The van der Waals surface area contributed by atoms with Crippen LogP contribution in [0.2, 0.25) is 0 Å². The predicted molar refractivity (Wildman–Crippen MR) is 88.7 cm³/mol. The first kappa shape index (κ1) is 15.0. The van der Waals surface area contributed by atoms with Crippen LogP contribution in [0.1, 0.15) is 21.5 Å². The lowest BCUT2D eigenvalue weighted by molar-refractivity contribution is 0.0601. The van der Waals surface area contributed by atoms with Crippen molar-refractivity contribution in [1.29, 1.82) is 0 Å². The minimum atomic E-state index is -0.400. The van der Waals surface area contributed by atoms with Crippen molar-refractivity contribution in [3.63, 3.8) is 0 Å². The van der Waals surface area contributed by atoms with E-state index in [0.717, 1.165) is 16.7 Å². The van der Waals surface area contributed by atoms with Crippen molar-refractivity contribution < 1.29 is 13.9 Å². The molecule has 1 aromatic heterocycles. The van der Waals surface area contributed by atoms with Gasteiger partial charge in [-0.25, -0.2) is 4.79 Å². The molecule has 2 aromatic carbocycles. The number of benzene rings is 2. The van der Waals surface area contributed by atoms with E-state index in [0.29, 0.717) is 22.3 Å². The highest BCUT2D eigenvalue weighted by Crippen LogP contribution is 2.24. The average molecular weight is 308 g/mol. The van der Waals surface area contributed by atoms with Crippen molar-refractivity contribution in [1.82, 2.24) is 0 Å². The number of hydrogen-bond donors (Lipinski definition) is 0. The highest BCUT2D eigenvalue weighted by molar-refractivity contribution is 5.90. The molecule has 0 fully saturated rings. The van der Waals surface area contributed by atoms with Gasteiger partial charge in [-0.2, -0.15) is 0 Å². The normalized spacial score (nSPS) is 10.7. The van der Waals surface area contributed by atoms with Crippen LogP contribution in [0.15, 0.2) is 51.7 Å². The van der Waals surface area contributed by atoms with Crippen LogP contribution >= 0.6 is 0 Å². The summed E-state index contributed by atoms with van der Waals surface area (Å²) >= 11 is 0. The standard InChI is InChI=1S/C19H16O4/c1-11-8-15-16(20)10-17(23-18(15)9-12(11)2)13-4-6-14(7-5-13)19(21)22-3/h4-10H,1-3H3. The Morgan fingerprint density at radius 3 is 2.30 bits per heavy atom. The molecule has 0 N–H and O–H groups in total. The van der Waals surface area contributed by atoms with E-state index in [1.807, 2.05) is 26.0 Å². The molecule has 3 rings (SSSR count). The summed E-state index contributed by atoms with van der Waals surface area (Å²) < 4.78 is 10.5. The van der Waals surface area contributed by atoms with Crippen LogP contribution in [-0.4, -0.2) is 13.1 Å². The SMILES string of the molecule is COC(=O)c1ccc(-c2cc(=O)c3cc(C)c(C)cc3o2)cc1. The molecule has 4 heteroatoms. The van der Waals surface area contributed by atoms with Gasteiger partial charge in [0.2, 0.25) is 0 Å². The summed E-state index contributed by atoms with van der Waals surface area (Å²) in [5, 5.41) is 0.572. The Morgan fingerprint density at radius 1 is 1.00 bits per heavy atom. The van der Waals surface area contributed by atoms with E-state index in [1.54, 1.807) is 24.3 Å². The van der Waals surface area contributed by atoms with Crippen molar-refractivity contribution in [2.24, 2.45) is 0 Å². The van der Waals surface area contributed by atoms with E-state index in [4.69, 9.17) is 4.42 Å². The molecule has 0 unspecified atom stereocenters. The molecule has 0 atom stereocenters. The van der Waals surface area contributed by atoms with E-state index >= 15 is 0 Å². The summed E-state index contributed by atoms with van der Waals surface area (Å²) in [4.78, 5) is 23.8. The first-order valence-electron chi connectivity index (χ1n) is 7.23. The Morgan fingerprint density at radius 2 is 1.65 bits per heavy atom. The van der Waals surface area contributed by atoms with E-state index in [-0.39, 0.29) is 5.43 Å². The summed E-state index contributed by atoms with van der Waals surface area (Å²) in [6.45, 7) is 3.94. The largest absolute Gasteiger partial charge is 0.465 e. The molecule has 0 aliphatic heterocycles. The van der Waals surface area contributed by atoms with Crippen molar-refractivity contribution in [2.75, 3.05) is 7.11 Å². The number of ether oxygens (including phenoxy) is 1. The van der Waals surface area contributed by atoms with E-state index in [1.165, 1.54) is 13.2 Å². The molecular formula is C19H16O4. The van der Waals surface area contributed by atoms with Crippen molar-refractivity contribution >= 4 is 16.9 Å². The van der Waals surface area contributed by atoms with Gasteiger partial charge in [0, 0.05) is 11.6 Å². The molecule has 116 valence electrons. The Bertz CT molecular complexity index is 950. The van der Waals surface area contributed by atoms with Gasteiger partial charge in [0.05, 0.1) is 18.1 Å². The van der Waals surface area contributed by atoms with E-state index < -0.39 is 5.97 Å². The summed E-state index contributed by atoms with van der Waals surface area (Å²) in [5.74, 6) is 0.0739. The number of aryl methyl sites for hydroxylation is 2. The Kier molecular flexibility index (Phi) is 3.74. The zero-order valence-electron chi connectivity index (χ0n) is 13.2. The second-order valence-corrected chi connectivity index (χ2v) is 5.48. The lowest BCUT2D eigenvalue weighted by Gasteiger charge is -2.06. The molecule has 0 radical (unpaired) electrons. The highest BCUT2D eigenvalue weighted by atomic mass is 16.5. The van der Waals surface area contributed by atoms with Crippen LogP contribution in [0.25, 0.3) is 22.3 Å². The third-order valence-electron chi connectivity index (χ3n) is 3.93. The zero-order chi connectivity index (χ0) is 16.6. The zero-order valence-corrected chi connectivity index (χ0v) is 13.2. The molecule has 3 aromatic rings. The van der Waals surface area contributed by atoms with Crippen LogP contribution in [0, 0.1) is 13.8 Å². The van der Waals surface area contributed by atoms with Crippen molar-refractivity contribution in [3.8, 4) is 11.3 Å². The lowest BCUT2D eigenvalue weighted by Crippen LogP contribution is -2.02. The first-order valence-corrected chi connectivity index (χ1v) is 7.23. The summed E-state index contributed by atoms with van der Waals surface area (Å²) in [6, 6.07) is 12.0. The van der Waals surface area contributed by atoms with Gasteiger partial charge >= 0.3 is 5.97 Å². The van der Waals surface area contributed by atoms with Crippen LogP contribution in [-0.2, 0) is 4.74 Å². The quantitative estimate of drug-likeness (QED) is 0.674. The number of hydrogen-bond acceptors (Lipinski definition) is 4. The van der Waals surface area contributed by atoms with Crippen molar-refractivity contribution in [3.05, 3.63) is 69.4 Å². The number of carbonyl (C=O) groups excluding carboxylic acids is 1. The van der Waals surface area contributed by atoms with Crippen LogP contribution in [0.3, 0.4) is 0 Å². The summed E-state index contributed by atoms with van der Waals surface area (Å²) in [7, 11) is 1.34. The molecule has 0 aliphatic rings. The van der Waals surface area contributed by atoms with E-state index in [2.05, 4.69) is 4.74 Å². The average Bonchev–Trinajstić information content (AvgIpc) is 2.56. The number of esters is 1. The van der Waals surface area contributed by atoms with Gasteiger partial charge < -0.3 is 9.15 Å². The minimum Gasteiger partial charge on any atom is -0.465 e. The van der Waals surface area contributed by atoms with Gasteiger partial charge in [0.1, 0.15) is 11.3 Å². The maximum atomic E-state index is 12.3. The lowest BCUT2D eigenvalue weighted by atomic mass is 10.1. The van der Waals surface area contributed by atoms with Crippen LogP contribution in [0.5, 0.6) is 0 Å². The molecule has 0 saturated heterocycles. The summed E-state index contributed by atoms with van der Waals surface area (Å²) in [6.07, 6.45) is 0. The fourth-order valence-electron chi connectivity index (χ4n) is 2.44. The smallest absolute Gasteiger partial charge is 0.337 e. The molecule has 0 spiro atoms. The highest BCUT2D eigenvalue weighted by Gasteiger charge is 2.10. The molecule has 4 nitrogen and oxygen atoms in total. The second-order valence-electron chi connectivity index (χ2n) is 5.48. The fraction of sp³-hybridized carbons (Fsp3) is 0.158. The molecular weight excluding hydrogens is 292 g/mol. The fourth-order valence-corrected chi connectivity index (χ4v) is 2.44. The van der Waals surface area contributed by atoms with Gasteiger partial charge in [-0.1, -0.05) is 12.1 Å². The molecule has 0 bridgehead atoms. The van der Waals surface area contributed by atoms with E-state index in [9.17, 15) is 9.59 Å². The number of carbonyl (C=O) groups is 1. The van der Waals surface area contributed by atoms with Gasteiger partial charge in [-0.3, -0.25) is 4.79 Å².